The Bertz CT molecular complexity index is 1050. The van der Waals surface area contributed by atoms with Crippen LogP contribution in [0, 0.1) is 11.8 Å². The van der Waals surface area contributed by atoms with Gasteiger partial charge in [0, 0.05) is 20.1 Å². The summed E-state index contributed by atoms with van der Waals surface area (Å²) in [6.07, 6.45) is -1.07. The third kappa shape index (κ3) is 14.3. The van der Waals surface area contributed by atoms with Crippen LogP contribution in [0.2, 0.25) is 0 Å². The molecule has 1 rings (SSSR count). The van der Waals surface area contributed by atoms with Gasteiger partial charge in [-0.3, -0.25) is 14.9 Å². The van der Waals surface area contributed by atoms with E-state index in [1.54, 1.807) is 67.2 Å². The minimum Gasteiger partial charge on any atom is -0.444 e. The first-order valence-corrected chi connectivity index (χ1v) is 15.1. The molecule has 4 N–H and O–H groups in total. The van der Waals surface area contributed by atoms with Crippen molar-refractivity contribution in [2.45, 2.75) is 124 Å². The molecule has 0 spiro atoms. The van der Waals surface area contributed by atoms with E-state index in [1.165, 1.54) is 7.05 Å². The Kier molecular flexibility index (Phi) is 13.9. The fraction of sp³-hybridized carbons (Fsp3) is 0.800. The number of alkyl carbamates (subject to hydrolysis) is 2. The van der Waals surface area contributed by atoms with Crippen LogP contribution in [0.5, 0.6) is 0 Å². The molecule has 0 saturated carbocycles. The number of amides is 5. The lowest BCUT2D eigenvalue weighted by molar-refractivity contribution is -0.132. The summed E-state index contributed by atoms with van der Waals surface area (Å²) < 4.78 is 16.1. The lowest BCUT2D eigenvalue weighted by Crippen LogP contribution is -2.59. The number of aliphatic imine (C=N–C) groups is 1. The monoisotopic (exact) mass is 626 g/mol. The zero-order chi connectivity index (χ0) is 34.0. The predicted molar refractivity (Wildman–Crippen MR) is 166 cm³/mol. The smallest absolute Gasteiger partial charge is 0.437 e. The fourth-order valence-electron chi connectivity index (χ4n) is 4.32. The molecule has 1 heterocycles. The van der Waals surface area contributed by atoms with E-state index >= 15 is 0 Å². The third-order valence-electron chi connectivity index (χ3n) is 6.51. The number of piperidine rings is 1. The third-order valence-corrected chi connectivity index (χ3v) is 6.51. The van der Waals surface area contributed by atoms with E-state index < -0.39 is 53.1 Å². The summed E-state index contributed by atoms with van der Waals surface area (Å²) in [5.41, 5.74) is -2.39. The number of guanidine groups is 1. The second-order valence-corrected chi connectivity index (χ2v) is 14.0. The number of hydrogen-bond donors (Lipinski definition) is 4. The van der Waals surface area contributed by atoms with E-state index in [9.17, 15) is 24.0 Å². The summed E-state index contributed by atoms with van der Waals surface area (Å²) >= 11 is 0. The van der Waals surface area contributed by atoms with Crippen LogP contribution >= 0.6 is 0 Å². The number of carbonyl (C=O) groups is 5. The Balaban J connectivity index is 3.26. The fourth-order valence-corrected chi connectivity index (χ4v) is 4.32. The molecule has 0 aliphatic carbocycles. The normalized spacial score (nSPS) is 17.0. The molecule has 252 valence electrons. The number of likely N-dealkylation sites (N-methyl/N-ethyl adjacent to an activating group) is 1. The molecule has 1 aliphatic heterocycles. The van der Waals surface area contributed by atoms with Crippen LogP contribution in [0.4, 0.5) is 14.4 Å². The zero-order valence-electron chi connectivity index (χ0n) is 28.5. The molecule has 0 aromatic heterocycles. The standard InChI is InChI=1S/C30H54N6O8/c1-13-18(2)20(22(37)31-12)32-23(38)21(33-25(39)42-28(3,4)5)19-14-16-36(17-15-19)24(34-26(40)43-29(6,7)8)35-27(41)44-30(9,10)11/h18-21H,13-17H2,1-12H3,(H,31,37)(H,32,38)(H,33,39)(H,34,35,40,41)/t18-,20-,21?/m0/s1. The molecular weight excluding hydrogens is 572 g/mol. The van der Waals surface area contributed by atoms with Crippen LogP contribution in [0.15, 0.2) is 4.99 Å². The maximum Gasteiger partial charge on any atom is 0.437 e. The van der Waals surface area contributed by atoms with Crippen molar-refractivity contribution >= 4 is 36.1 Å². The van der Waals surface area contributed by atoms with Gasteiger partial charge in [0.25, 0.3) is 0 Å². The van der Waals surface area contributed by atoms with Gasteiger partial charge < -0.3 is 35.1 Å². The number of hydrogen-bond acceptors (Lipinski definition) is 8. The molecule has 1 saturated heterocycles. The van der Waals surface area contributed by atoms with Crippen molar-refractivity contribution < 1.29 is 38.2 Å². The molecular formula is C30H54N6O8. The van der Waals surface area contributed by atoms with Crippen LogP contribution in [-0.4, -0.2) is 90.0 Å². The highest BCUT2D eigenvalue weighted by Gasteiger charge is 2.37. The van der Waals surface area contributed by atoms with Gasteiger partial charge in [-0.25, -0.2) is 14.4 Å². The van der Waals surface area contributed by atoms with Crippen LogP contribution in [-0.2, 0) is 23.8 Å². The average molecular weight is 627 g/mol. The average Bonchev–Trinajstić information content (AvgIpc) is 2.85. The molecule has 14 heteroatoms. The van der Waals surface area contributed by atoms with Crippen molar-refractivity contribution in [3.8, 4) is 0 Å². The molecule has 0 radical (unpaired) electrons. The minimum atomic E-state index is -1.02. The van der Waals surface area contributed by atoms with Crippen LogP contribution in [0.1, 0.15) is 95.4 Å². The molecule has 14 nitrogen and oxygen atoms in total. The Morgan fingerprint density at radius 1 is 0.795 bits per heavy atom. The first-order chi connectivity index (χ1) is 20.0. The quantitative estimate of drug-likeness (QED) is 0.186. The van der Waals surface area contributed by atoms with Gasteiger partial charge in [-0.05, 0) is 87.0 Å². The first kappa shape index (κ1) is 38.4. The van der Waals surface area contributed by atoms with Gasteiger partial charge in [-0.15, -0.1) is 4.99 Å². The maximum atomic E-state index is 13.6. The SMILES string of the molecule is CC[C@H](C)[C@H](NC(=O)C(NC(=O)OC(C)(C)C)C1CCN(C(=NC(=O)OC(C)(C)C)NC(=O)OC(C)(C)C)CC1)C(=O)NC. The maximum absolute atomic E-state index is 13.6. The summed E-state index contributed by atoms with van der Waals surface area (Å²) in [5.74, 6) is -1.43. The lowest BCUT2D eigenvalue weighted by atomic mass is 9.88. The molecule has 0 aromatic rings. The van der Waals surface area contributed by atoms with Crippen LogP contribution in [0.3, 0.4) is 0 Å². The van der Waals surface area contributed by atoms with Crippen molar-refractivity contribution in [3.63, 3.8) is 0 Å². The molecule has 0 bridgehead atoms. The Hall–Kier alpha value is -3.58. The summed E-state index contributed by atoms with van der Waals surface area (Å²) in [4.78, 5) is 69.9. The predicted octanol–water partition coefficient (Wildman–Crippen LogP) is 3.68. The highest BCUT2D eigenvalue weighted by atomic mass is 16.6. The topological polar surface area (TPSA) is 177 Å². The molecule has 44 heavy (non-hydrogen) atoms. The van der Waals surface area contributed by atoms with Gasteiger partial charge >= 0.3 is 18.3 Å². The van der Waals surface area contributed by atoms with E-state index in [4.69, 9.17) is 14.2 Å². The van der Waals surface area contributed by atoms with Gasteiger partial charge in [0.2, 0.25) is 17.8 Å². The minimum absolute atomic E-state index is 0.0514. The van der Waals surface area contributed by atoms with E-state index in [-0.39, 0.29) is 36.8 Å². The summed E-state index contributed by atoms with van der Waals surface area (Å²) in [6, 6.07) is -1.82. The van der Waals surface area contributed by atoms with Crippen LogP contribution < -0.4 is 21.3 Å². The van der Waals surface area contributed by atoms with Gasteiger partial charge in [-0.1, -0.05) is 20.3 Å². The molecule has 1 unspecified atom stereocenters. The molecule has 3 atom stereocenters. The first-order valence-electron chi connectivity index (χ1n) is 15.1. The number of nitrogens with zero attached hydrogens (tertiary/aromatic N) is 2. The second-order valence-electron chi connectivity index (χ2n) is 14.0. The molecule has 0 aromatic carbocycles. The van der Waals surface area contributed by atoms with Gasteiger partial charge in [0.1, 0.15) is 28.9 Å². The second kappa shape index (κ2) is 15.9. The summed E-state index contributed by atoms with van der Waals surface area (Å²) in [5, 5.41) is 10.7. The Morgan fingerprint density at radius 2 is 1.30 bits per heavy atom. The van der Waals surface area contributed by atoms with Crippen molar-refractivity contribution in [2.75, 3.05) is 20.1 Å². The number of likely N-dealkylation sites (tertiary alicyclic amines) is 1. The largest absolute Gasteiger partial charge is 0.444 e. The van der Waals surface area contributed by atoms with Gasteiger partial charge in [-0.2, -0.15) is 0 Å². The van der Waals surface area contributed by atoms with Crippen molar-refractivity contribution in [3.05, 3.63) is 0 Å². The van der Waals surface area contributed by atoms with E-state index in [0.29, 0.717) is 19.3 Å². The lowest BCUT2D eigenvalue weighted by Gasteiger charge is -2.37. The van der Waals surface area contributed by atoms with Crippen molar-refractivity contribution in [1.82, 2.24) is 26.2 Å². The van der Waals surface area contributed by atoms with Gasteiger partial charge in [0.05, 0.1) is 0 Å². The number of nitrogens with one attached hydrogen (secondary N) is 4. The molecule has 5 amide bonds. The van der Waals surface area contributed by atoms with Crippen LogP contribution in [0.25, 0.3) is 0 Å². The van der Waals surface area contributed by atoms with Crippen molar-refractivity contribution in [2.24, 2.45) is 16.8 Å². The van der Waals surface area contributed by atoms with Gasteiger partial charge in [0.15, 0.2) is 0 Å². The summed E-state index contributed by atoms with van der Waals surface area (Å²) in [6.45, 7) is 19.7. The number of ether oxygens (including phenoxy) is 3. The summed E-state index contributed by atoms with van der Waals surface area (Å²) in [7, 11) is 1.50. The van der Waals surface area contributed by atoms with E-state index in [1.807, 2.05) is 13.8 Å². The molecule has 1 fully saturated rings. The Morgan fingerprint density at radius 3 is 1.75 bits per heavy atom. The van der Waals surface area contributed by atoms with E-state index in [2.05, 4.69) is 26.3 Å². The van der Waals surface area contributed by atoms with E-state index in [0.717, 1.165) is 0 Å². The highest BCUT2D eigenvalue weighted by molar-refractivity contribution is 5.99. The highest BCUT2D eigenvalue weighted by Crippen LogP contribution is 2.23. The number of rotatable bonds is 7. The Labute approximate surface area is 261 Å². The van der Waals surface area contributed by atoms with Crippen molar-refractivity contribution in [1.29, 1.82) is 0 Å². The molecule has 1 aliphatic rings. The zero-order valence-corrected chi connectivity index (χ0v) is 28.5. The number of carbonyl (C=O) groups excluding carboxylic acids is 5.